The Morgan fingerprint density at radius 2 is 1.76 bits per heavy atom. The van der Waals surface area contributed by atoms with Crippen LogP contribution in [0.2, 0.25) is 0 Å². The minimum atomic E-state index is 0.0835. The van der Waals surface area contributed by atoms with E-state index in [0.29, 0.717) is 0 Å². The van der Waals surface area contributed by atoms with E-state index in [0.717, 1.165) is 11.3 Å². The van der Waals surface area contributed by atoms with Crippen LogP contribution >= 0.6 is 0 Å². The molecule has 1 aromatic carbocycles. The van der Waals surface area contributed by atoms with E-state index in [1.54, 1.807) is 0 Å². The summed E-state index contributed by atoms with van der Waals surface area (Å²) in [5.41, 5.74) is 11.7. The molecular formula is C14H19N3. The highest BCUT2D eigenvalue weighted by Gasteiger charge is 2.11. The van der Waals surface area contributed by atoms with Crippen LogP contribution in [0.15, 0.2) is 24.3 Å². The van der Waals surface area contributed by atoms with Gasteiger partial charge in [0.25, 0.3) is 0 Å². The molecule has 3 heteroatoms. The molecule has 90 valence electrons. The highest BCUT2D eigenvalue weighted by molar-refractivity contribution is 5.68. The zero-order valence-corrected chi connectivity index (χ0v) is 10.9. The lowest BCUT2D eigenvalue weighted by Gasteiger charge is -2.07. The van der Waals surface area contributed by atoms with Crippen LogP contribution in [0.5, 0.6) is 0 Å². The van der Waals surface area contributed by atoms with E-state index in [-0.39, 0.29) is 6.04 Å². The Morgan fingerprint density at radius 3 is 2.18 bits per heavy atom. The Labute approximate surface area is 102 Å². The molecule has 1 heterocycles. The second-order valence-electron chi connectivity index (χ2n) is 4.58. The fraction of sp³-hybridized carbons (Fsp3) is 0.357. The van der Waals surface area contributed by atoms with E-state index in [2.05, 4.69) is 36.3 Å². The van der Waals surface area contributed by atoms with Crippen molar-refractivity contribution in [2.24, 2.45) is 12.8 Å². The van der Waals surface area contributed by atoms with Crippen molar-refractivity contribution < 1.29 is 0 Å². The molecule has 2 N–H and O–H groups in total. The van der Waals surface area contributed by atoms with Crippen molar-refractivity contribution >= 4 is 0 Å². The predicted octanol–water partition coefficient (Wildman–Crippen LogP) is 2.72. The van der Waals surface area contributed by atoms with Gasteiger partial charge >= 0.3 is 0 Å². The summed E-state index contributed by atoms with van der Waals surface area (Å²) in [7, 11) is 1.97. The van der Waals surface area contributed by atoms with E-state index in [4.69, 9.17) is 5.73 Å². The molecule has 3 nitrogen and oxygen atoms in total. The largest absolute Gasteiger partial charge is 0.324 e. The predicted molar refractivity (Wildman–Crippen MR) is 70.7 cm³/mol. The van der Waals surface area contributed by atoms with Crippen LogP contribution in [0.25, 0.3) is 11.1 Å². The van der Waals surface area contributed by atoms with Gasteiger partial charge < -0.3 is 5.73 Å². The maximum Gasteiger partial charge on any atom is 0.0674 e. The monoisotopic (exact) mass is 229 g/mol. The van der Waals surface area contributed by atoms with Crippen molar-refractivity contribution in [1.82, 2.24) is 9.78 Å². The van der Waals surface area contributed by atoms with Gasteiger partial charge in [0.2, 0.25) is 0 Å². The maximum atomic E-state index is 5.85. The number of aryl methyl sites for hydroxylation is 2. The van der Waals surface area contributed by atoms with Crippen molar-refractivity contribution in [2.45, 2.75) is 26.8 Å². The Balaban J connectivity index is 2.47. The summed E-state index contributed by atoms with van der Waals surface area (Å²) in [6.45, 7) is 6.13. The van der Waals surface area contributed by atoms with Gasteiger partial charge in [-0.3, -0.25) is 4.68 Å². The second kappa shape index (κ2) is 4.34. The number of nitrogens with zero attached hydrogens (tertiary/aromatic N) is 2. The molecule has 1 atom stereocenters. The third-order valence-corrected chi connectivity index (χ3v) is 3.23. The van der Waals surface area contributed by atoms with E-state index in [1.807, 2.05) is 25.6 Å². The maximum absolute atomic E-state index is 5.85. The van der Waals surface area contributed by atoms with Gasteiger partial charge in [0.05, 0.1) is 5.69 Å². The number of hydrogen-bond donors (Lipinski definition) is 1. The highest BCUT2D eigenvalue weighted by atomic mass is 15.3. The minimum Gasteiger partial charge on any atom is -0.324 e. The van der Waals surface area contributed by atoms with Crippen LogP contribution in [0.3, 0.4) is 0 Å². The summed E-state index contributed by atoms with van der Waals surface area (Å²) in [4.78, 5) is 0. The van der Waals surface area contributed by atoms with Crippen LogP contribution in [0.4, 0.5) is 0 Å². The molecule has 0 radical (unpaired) electrons. The highest BCUT2D eigenvalue weighted by Crippen LogP contribution is 2.27. The molecule has 0 aliphatic heterocycles. The van der Waals surface area contributed by atoms with E-state index in [1.165, 1.54) is 16.8 Å². The third kappa shape index (κ3) is 2.11. The van der Waals surface area contributed by atoms with Gasteiger partial charge in [-0.05, 0) is 31.9 Å². The topological polar surface area (TPSA) is 43.8 Å². The average Bonchev–Trinajstić information content (AvgIpc) is 2.53. The Hall–Kier alpha value is -1.61. The number of aromatic nitrogens is 2. The van der Waals surface area contributed by atoms with Crippen molar-refractivity contribution in [1.29, 1.82) is 0 Å². The van der Waals surface area contributed by atoms with Gasteiger partial charge in [0.15, 0.2) is 0 Å². The normalized spacial score (nSPS) is 12.8. The third-order valence-electron chi connectivity index (χ3n) is 3.23. The first-order valence-corrected chi connectivity index (χ1v) is 5.87. The van der Waals surface area contributed by atoms with E-state index < -0.39 is 0 Å². The van der Waals surface area contributed by atoms with Gasteiger partial charge in [-0.15, -0.1) is 0 Å². The van der Waals surface area contributed by atoms with Crippen LogP contribution in [0, 0.1) is 13.8 Å². The first-order valence-electron chi connectivity index (χ1n) is 5.87. The van der Waals surface area contributed by atoms with E-state index >= 15 is 0 Å². The Bertz CT molecular complexity index is 521. The van der Waals surface area contributed by atoms with Gasteiger partial charge in [0.1, 0.15) is 0 Å². The first-order chi connectivity index (χ1) is 8.00. The van der Waals surface area contributed by atoms with Crippen LogP contribution in [-0.4, -0.2) is 9.78 Å². The molecule has 2 rings (SSSR count). The summed E-state index contributed by atoms with van der Waals surface area (Å²) >= 11 is 0. The molecular weight excluding hydrogens is 210 g/mol. The molecule has 0 fully saturated rings. The molecule has 2 aromatic rings. The SMILES string of the molecule is Cc1nn(C)c(C)c1-c1ccc(C(C)N)cc1. The molecule has 0 saturated heterocycles. The van der Waals surface area contributed by atoms with Crippen molar-refractivity contribution in [2.75, 3.05) is 0 Å². The Morgan fingerprint density at radius 1 is 1.18 bits per heavy atom. The van der Waals surface area contributed by atoms with Gasteiger partial charge in [-0.1, -0.05) is 24.3 Å². The van der Waals surface area contributed by atoms with Crippen LogP contribution in [0.1, 0.15) is 29.9 Å². The van der Waals surface area contributed by atoms with Crippen molar-refractivity contribution in [3.05, 3.63) is 41.2 Å². The summed E-state index contributed by atoms with van der Waals surface area (Å²) in [6.07, 6.45) is 0. The standard InChI is InChI=1S/C14H19N3/c1-9(15)12-5-7-13(8-6-12)14-10(2)16-17(4)11(14)3/h5-9H,15H2,1-4H3. The van der Waals surface area contributed by atoms with Crippen molar-refractivity contribution in [3.63, 3.8) is 0 Å². The number of hydrogen-bond acceptors (Lipinski definition) is 2. The number of benzene rings is 1. The fourth-order valence-corrected chi connectivity index (χ4v) is 2.14. The Kier molecular flexibility index (Phi) is 3.03. The smallest absolute Gasteiger partial charge is 0.0674 e. The van der Waals surface area contributed by atoms with Crippen LogP contribution in [-0.2, 0) is 7.05 Å². The molecule has 0 bridgehead atoms. The van der Waals surface area contributed by atoms with Gasteiger partial charge in [0, 0.05) is 24.3 Å². The quantitative estimate of drug-likeness (QED) is 0.860. The summed E-state index contributed by atoms with van der Waals surface area (Å²) in [5.74, 6) is 0. The molecule has 17 heavy (non-hydrogen) atoms. The number of rotatable bonds is 2. The molecule has 0 amide bonds. The molecule has 0 spiro atoms. The van der Waals surface area contributed by atoms with Crippen molar-refractivity contribution in [3.8, 4) is 11.1 Å². The minimum absolute atomic E-state index is 0.0835. The lowest BCUT2D eigenvalue weighted by atomic mass is 10.0. The lowest BCUT2D eigenvalue weighted by Crippen LogP contribution is -2.04. The van der Waals surface area contributed by atoms with E-state index in [9.17, 15) is 0 Å². The summed E-state index contributed by atoms with van der Waals surface area (Å²) in [5, 5.41) is 4.44. The number of nitrogens with two attached hydrogens (primary N) is 1. The first kappa shape index (κ1) is 11.9. The average molecular weight is 229 g/mol. The van der Waals surface area contributed by atoms with Crippen LogP contribution < -0.4 is 5.73 Å². The van der Waals surface area contributed by atoms with Gasteiger partial charge in [-0.25, -0.2) is 0 Å². The molecule has 0 aliphatic carbocycles. The summed E-state index contributed by atoms with van der Waals surface area (Å²) in [6, 6.07) is 8.50. The zero-order chi connectivity index (χ0) is 12.6. The zero-order valence-electron chi connectivity index (χ0n) is 10.9. The summed E-state index contributed by atoms with van der Waals surface area (Å²) < 4.78 is 1.92. The fourth-order valence-electron chi connectivity index (χ4n) is 2.14. The molecule has 0 aliphatic rings. The lowest BCUT2D eigenvalue weighted by molar-refractivity contribution is 0.731. The second-order valence-corrected chi connectivity index (χ2v) is 4.58. The molecule has 0 saturated carbocycles. The van der Waals surface area contributed by atoms with Gasteiger partial charge in [-0.2, -0.15) is 5.10 Å². The molecule has 1 unspecified atom stereocenters. The molecule has 1 aromatic heterocycles.